The minimum absolute atomic E-state index is 0.0275. The van der Waals surface area contributed by atoms with Gasteiger partial charge in [0.25, 0.3) is 5.91 Å². The molecule has 3 heterocycles. The molecule has 0 N–H and O–H groups in total. The molecule has 1 atom stereocenters. The average molecular weight is 361 g/mol. The van der Waals surface area contributed by atoms with Crippen LogP contribution in [0.2, 0.25) is 0 Å². The number of hydrogen-bond donors (Lipinski definition) is 0. The summed E-state index contributed by atoms with van der Waals surface area (Å²) in [7, 11) is 0. The molecule has 2 aliphatic rings. The summed E-state index contributed by atoms with van der Waals surface area (Å²) in [5.74, 6) is 1.49. The van der Waals surface area contributed by atoms with Gasteiger partial charge in [-0.2, -0.15) is 0 Å². The molecule has 0 bridgehead atoms. The van der Waals surface area contributed by atoms with Gasteiger partial charge in [-0.25, -0.2) is 4.98 Å². The van der Waals surface area contributed by atoms with Crippen LogP contribution >= 0.6 is 0 Å². The van der Waals surface area contributed by atoms with Gasteiger partial charge in [-0.3, -0.25) is 9.59 Å². The van der Waals surface area contributed by atoms with Crippen molar-refractivity contribution in [3.63, 3.8) is 0 Å². The molecule has 6 nitrogen and oxygen atoms in total. The second kappa shape index (κ2) is 7.80. The highest BCUT2D eigenvalue weighted by molar-refractivity contribution is 5.93. The van der Waals surface area contributed by atoms with E-state index in [0.717, 1.165) is 45.3 Å². The number of nitrogens with zero attached hydrogens (tertiary/aromatic N) is 3. The number of hydrogen-bond acceptors (Lipinski definition) is 4. The van der Waals surface area contributed by atoms with Gasteiger partial charge in [0.15, 0.2) is 12.1 Å². The number of likely N-dealkylation sites (tertiary alicyclic amines) is 2. The molecule has 144 valence electrons. The predicted molar refractivity (Wildman–Crippen MR) is 98.7 cm³/mol. The van der Waals surface area contributed by atoms with E-state index in [1.165, 1.54) is 6.39 Å². The van der Waals surface area contributed by atoms with Crippen molar-refractivity contribution in [2.24, 2.45) is 11.3 Å². The summed E-state index contributed by atoms with van der Waals surface area (Å²) in [6.45, 7) is 9.43. The van der Waals surface area contributed by atoms with Crippen molar-refractivity contribution in [2.75, 3.05) is 26.2 Å². The summed E-state index contributed by atoms with van der Waals surface area (Å²) in [6, 6.07) is 0. The van der Waals surface area contributed by atoms with Crippen LogP contribution in [-0.4, -0.2) is 52.8 Å². The Hall–Kier alpha value is -1.85. The molecule has 3 rings (SSSR count). The van der Waals surface area contributed by atoms with E-state index in [2.05, 4.69) is 18.8 Å². The van der Waals surface area contributed by atoms with Gasteiger partial charge >= 0.3 is 0 Å². The molecule has 2 amide bonds. The molecule has 1 unspecified atom stereocenters. The van der Waals surface area contributed by atoms with Crippen molar-refractivity contribution < 1.29 is 14.0 Å². The summed E-state index contributed by atoms with van der Waals surface area (Å²) >= 11 is 0. The van der Waals surface area contributed by atoms with Gasteiger partial charge < -0.3 is 14.2 Å². The largest absolute Gasteiger partial charge is 0.448 e. The molecule has 6 heteroatoms. The summed E-state index contributed by atoms with van der Waals surface area (Å²) in [5, 5.41) is 0. The molecule has 1 aromatic heterocycles. The Kier molecular flexibility index (Phi) is 5.68. The maximum absolute atomic E-state index is 13.0. The van der Waals surface area contributed by atoms with Crippen LogP contribution in [0.25, 0.3) is 0 Å². The molecule has 26 heavy (non-hydrogen) atoms. The number of amides is 2. The highest BCUT2D eigenvalue weighted by atomic mass is 16.3. The molecule has 2 aliphatic heterocycles. The Balaban J connectivity index is 1.70. The van der Waals surface area contributed by atoms with Gasteiger partial charge in [-0.05, 0) is 31.6 Å². The minimum Gasteiger partial charge on any atom is -0.448 e. The van der Waals surface area contributed by atoms with Crippen LogP contribution in [0.1, 0.15) is 69.1 Å². The molecule has 1 spiro atoms. The van der Waals surface area contributed by atoms with Crippen LogP contribution < -0.4 is 0 Å². The maximum atomic E-state index is 13.0. The smallest absolute Gasteiger partial charge is 0.276 e. The fourth-order valence-electron chi connectivity index (χ4n) is 4.28. The second-order valence-electron chi connectivity index (χ2n) is 8.31. The number of piperidine rings is 2. The third-order valence-electron chi connectivity index (χ3n) is 5.84. The van der Waals surface area contributed by atoms with E-state index in [4.69, 9.17) is 4.42 Å². The van der Waals surface area contributed by atoms with Crippen LogP contribution in [0.4, 0.5) is 0 Å². The molecule has 0 saturated carbocycles. The highest BCUT2D eigenvalue weighted by Crippen LogP contribution is 2.39. The van der Waals surface area contributed by atoms with Gasteiger partial charge in [-0.1, -0.05) is 20.8 Å². The number of rotatable bonds is 5. The third kappa shape index (κ3) is 3.94. The molecular weight excluding hydrogens is 330 g/mol. The molecule has 1 aromatic rings. The summed E-state index contributed by atoms with van der Waals surface area (Å²) in [6.07, 6.45) is 6.61. The highest BCUT2D eigenvalue weighted by Gasteiger charge is 2.43. The number of carbonyl (C=O) groups excluding carboxylic acids is 2. The Bertz CT molecular complexity index is 654. The van der Waals surface area contributed by atoms with Crippen LogP contribution in [-0.2, 0) is 11.2 Å². The lowest BCUT2D eigenvalue weighted by Gasteiger charge is -2.48. The van der Waals surface area contributed by atoms with Crippen molar-refractivity contribution >= 4 is 11.8 Å². The topological polar surface area (TPSA) is 66.7 Å². The molecule has 2 fully saturated rings. The van der Waals surface area contributed by atoms with Gasteiger partial charge in [-0.15, -0.1) is 0 Å². The molecule has 2 saturated heterocycles. The zero-order valence-corrected chi connectivity index (χ0v) is 16.3. The first-order valence-corrected chi connectivity index (χ1v) is 9.93. The SMILES string of the molecule is CCc1ocnc1C(=O)N1CCCC2(CCC(=O)N(CCC(C)C)C2)C1. The van der Waals surface area contributed by atoms with Crippen LogP contribution in [0.15, 0.2) is 10.8 Å². The summed E-state index contributed by atoms with van der Waals surface area (Å²) < 4.78 is 5.34. The van der Waals surface area contributed by atoms with Gasteiger partial charge in [0.05, 0.1) is 0 Å². The van der Waals surface area contributed by atoms with E-state index >= 15 is 0 Å². The van der Waals surface area contributed by atoms with Crippen LogP contribution in [0, 0.1) is 11.3 Å². The minimum atomic E-state index is -0.0275. The van der Waals surface area contributed by atoms with Crippen molar-refractivity contribution in [3.05, 3.63) is 17.8 Å². The zero-order valence-electron chi connectivity index (χ0n) is 16.3. The molecule has 0 radical (unpaired) electrons. The van der Waals surface area contributed by atoms with Crippen LogP contribution in [0.3, 0.4) is 0 Å². The fraction of sp³-hybridized carbons (Fsp3) is 0.750. The van der Waals surface area contributed by atoms with E-state index < -0.39 is 0 Å². The standard InChI is InChI=1S/C20H31N3O3/c1-4-16-18(21-14-26-16)19(25)23-10-5-8-20(13-23)9-6-17(24)22(12-20)11-7-15(2)3/h14-15H,4-13H2,1-3H3. The van der Waals surface area contributed by atoms with Crippen molar-refractivity contribution in [1.82, 2.24) is 14.8 Å². The quantitative estimate of drug-likeness (QED) is 0.808. The van der Waals surface area contributed by atoms with Crippen molar-refractivity contribution in [1.29, 1.82) is 0 Å². The number of oxazole rings is 1. The van der Waals surface area contributed by atoms with Crippen molar-refractivity contribution in [2.45, 2.75) is 59.3 Å². The van der Waals surface area contributed by atoms with Gasteiger partial charge in [0.1, 0.15) is 5.76 Å². The van der Waals surface area contributed by atoms with E-state index in [0.29, 0.717) is 36.8 Å². The van der Waals surface area contributed by atoms with Gasteiger partial charge in [0.2, 0.25) is 5.91 Å². The van der Waals surface area contributed by atoms with Crippen molar-refractivity contribution in [3.8, 4) is 0 Å². The fourth-order valence-corrected chi connectivity index (χ4v) is 4.28. The molecule has 0 aliphatic carbocycles. The van der Waals surface area contributed by atoms with E-state index in [1.807, 2.05) is 16.7 Å². The van der Waals surface area contributed by atoms with Gasteiger partial charge in [0, 0.05) is 44.4 Å². The third-order valence-corrected chi connectivity index (χ3v) is 5.84. The average Bonchev–Trinajstić information content (AvgIpc) is 3.11. The molecular formula is C20H31N3O3. The van der Waals surface area contributed by atoms with E-state index in [9.17, 15) is 9.59 Å². The summed E-state index contributed by atoms with van der Waals surface area (Å²) in [5.41, 5.74) is 0.489. The van der Waals surface area contributed by atoms with E-state index in [-0.39, 0.29) is 17.2 Å². The predicted octanol–water partition coefficient (Wildman–Crippen LogP) is 3.13. The lowest BCUT2D eigenvalue weighted by molar-refractivity contribution is -0.139. The normalized spacial score (nSPS) is 23.9. The Morgan fingerprint density at radius 3 is 2.88 bits per heavy atom. The maximum Gasteiger partial charge on any atom is 0.276 e. The van der Waals surface area contributed by atoms with E-state index in [1.54, 1.807) is 0 Å². The number of carbonyl (C=O) groups is 2. The lowest BCUT2D eigenvalue weighted by Crippen LogP contribution is -2.55. The first kappa shape index (κ1) is 18.9. The lowest BCUT2D eigenvalue weighted by atomic mass is 9.73. The number of aromatic nitrogens is 1. The summed E-state index contributed by atoms with van der Waals surface area (Å²) in [4.78, 5) is 33.4. The zero-order chi connectivity index (χ0) is 18.7. The Labute approximate surface area is 155 Å². The number of aryl methyl sites for hydroxylation is 1. The monoisotopic (exact) mass is 361 g/mol. The van der Waals surface area contributed by atoms with Crippen LogP contribution in [0.5, 0.6) is 0 Å². The first-order chi connectivity index (χ1) is 12.4. The first-order valence-electron chi connectivity index (χ1n) is 9.93. The Morgan fingerprint density at radius 2 is 2.15 bits per heavy atom. The molecule has 0 aromatic carbocycles. The Morgan fingerprint density at radius 1 is 1.35 bits per heavy atom. The second-order valence-corrected chi connectivity index (χ2v) is 8.31.